The summed E-state index contributed by atoms with van der Waals surface area (Å²) in [7, 11) is 0. The number of aliphatic hydroxyl groups is 1. The van der Waals surface area contributed by atoms with Gasteiger partial charge in [-0.25, -0.2) is 13.6 Å². The van der Waals surface area contributed by atoms with Crippen LogP contribution in [0.15, 0.2) is 42.5 Å². The van der Waals surface area contributed by atoms with Gasteiger partial charge in [0.05, 0.1) is 0 Å². The zero-order valence-corrected chi connectivity index (χ0v) is 13.4. The van der Waals surface area contributed by atoms with Crippen LogP contribution in [0.2, 0.25) is 0 Å². The van der Waals surface area contributed by atoms with Gasteiger partial charge in [0.25, 0.3) is 0 Å². The van der Waals surface area contributed by atoms with E-state index in [0.717, 1.165) is 17.7 Å². The molecule has 25 heavy (non-hydrogen) atoms. The summed E-state index contributed by atoms with van der Waals surface area (Å²) in [5, 5.41) is 13.9. The van der Waals surface area contributed by atoms with E-state index in [-0.39, 0.29) is 24.6 Å². The summed E-state index contributed by atoms with van der Waals surface area (Å²) in [6, 6.07) is 10.6. The van der Waals surface area contributed by atoms with Crippen molar-refractivity contribution in [2.75, 3.05) is 18.5 Å². The Morgan fingerprint density at radius 1 is 1.20 bits per heavy atom. The highest BCUT2D eigenvalue weighted by atomic mass is 19.1. The van der Waals surface area contributed by atoms with Crippen LogP contribution in [0.5, 0.6) is 0 Å². The molecular weight excluding hydrogens is 326 g/mol. The van der Waals surface area contributed by atoms with Crippen LogP contribution in [0.3, 0.4) is 0 Å². The van der Waals surface area contributed by atoms with Crippen LogP contribution < -0.4 is 10.6 Å². The van der Waals surface area contributed by atoms with Crippen molar-refractivity contribution < 1.29 is 18.7 Å². The number of benzene rings is 2. The highest BCUT2D eigenvalue weighted by Crippen LogP contribution is 2.21. The first-order valence-corrected chi connectivity index (χ1v) is 7.71. The molecule has 2 aromatic carbocycles. The maximum Gasteiger partial charge on any atom is 0.319 e. The summed E-state index contributed by atoms with van der Waals surface area (Å²) in [6.07, 6.45) is 5.55. The Labute approximate surface area is 144 Å². The van der Waals surface area contributed by atoms with E-state index >= 15 is 0 Å². The van der Waals surface area contributed by atoms with Gasteiger partial charge in [-0.05, 0) is 24.1 Å². The van der Waals surface area contributed by atoms with Gasteiger partial charge in [0.15, 0.2) is 11.6 Å². The molecule has 0 aromatic heterocycles. The zero-order valence-electron chi connectivity index (χ0n) is 13.4. The standard InChI is InChI=1S/C19H18F2N2O2/c1-2-13-10-16(20)18(17(21)11-13)23-19(25)22-12-15(8-9-24)14-6-4-3-5-7-14/h1,3-7,10-11,15,24H,8-9,12H2,(H2,22,23,25). The Balaban J connectivity index is 2.01. The van der Waals surface area contributed by atoms with Gasteiger partial charge in [-0.3, -0.25) is 0 Å². The Kier molecular flexibility index (Phi) is 6.49. The Hall–Kier alpha value is -2.91. The molecule has 0 aliphatic heterocycles. The van der Waals surface area contributed by atoms with E-state index in [1.807, 2.05) is 30.3 Å². The van der Waals surface area contributed by atoms with Crippen molar-refractivity contribution in [3.05, 3.63) is 65.2 Å². The van der Waals surface area contributed by atoms with E-state index in [0.29, 0.717) is 6.42 Å². The van der Waals surface area contributed by atoms with Gasteiger partial charge in [-0.1, -0.05) is 36.3 Å². The lowest BCUT2D eigenvalue weighted by molar-refractivity contribution is 0.247. The largest absolute Gasteiger partial charge is 0.396 e. The van der Waals surface area contributed by atoms with Crippen molar-refractivity contribution in [1.29, 1.82) is 0 Å². The minimum Gasteiger partial charge on any atom is -0.396 e. The number of nitrogens with one attached hydrogen (secondary N) is 2. The average Bonchev–Trinajstić information content (AvgIpc) is 2.62. The number of amides is 2. The van der Waals surface area contributed by atoms with E-state index in [2.05, 4.69) is 16.6 Å². The summed E-state index contributed by atoms with van der Waals surface area (Å²) in [5.41, 5.74) is 0.440. The number of hydrogen-bond acceptors (Lipinski definition) is 2. The molecule has 0 saturated carbocycles. The SMILES string of the molecule is C#Cc1cc(F)c(NC(=O)NCC(CCO)c2ccccc2)c(F)c1. The number of halogens is 2. The van der Waals surface area contributed by atoms with E-state index in [1.54, 1.807) is 0 Å². The van der Waals surface area contributed by atoms with Gasteiger partial charge in [0, 0.05) is 24.6 Å². The van der Waals surface area contributed by atoms with Crippen molar-refractivity contribution in [1.82, 2.24) is 5.32 Å². The smallest absolute Gasteiger partial charge is 0.319 e. The van der Waals surface area contributed by atoms with Gasteiger partial charge >= 0.3 is 6.03 Å². The second-order valence-electron chi connectivity index (χ2n) is 5.41. The third-order valence-electron chi connectivity index (χ3n) is 3.70. The molecule has 0 heterocycles. The Morgan fingerprint density at radius 2 is 1.84 bits per heavy atom. The third-order valence-corrected chi connectivity index (χ3v) is 3.70. The number of rotatable bonds is 6. The molecule has 0 aliphatic carbocycles. The number of carbonyl (C=O) groups excluding carboxylic acids is 1. The predicted molar refractivity (Wildman–Crippen MR) is 92.2 cm³/mol. The molecule has 130 valence electrons. The minimum absolute atomic E-state index is 0.0420. The molecular formula is C19H18F2N2O2. The molecule has 0 saturated heterocycles. The Bertz CT molecular complexity index is 750. The molecule has 3 N–H and O–H groups in total. The average molecular weight is 344 g/mol. The van der Waals surface area contributed by atoms with E-state index < -0.39 is 23.4 Å². The number of aliphatic hydroxyl groups excluding tert-OH is 1. The lowest BCUT2D eigenvalue weighted by atomic mass is 9.96. The molecule has 0 aliphatic rings. The van der Waals surface area contributed by atoms with E-state index in [1.165, 1.54) is 0 Å². The van der Waals surface area contributed by atoms with Crippen LogP contribution in [0.4, 0.5) is 19.3 Å². The first-order valence-electron chi connectivity index (χ1n) is 7.71. The normalized spacial score (nSPS) is 11.4. The fraction of sp³-hybridized carbons (Fsp3) is 0.211. The molecule has 1 unspecified atom stereocenters. The molecule has 6 heteroatoms. The quantitative estimate of drug-likeness (QED) is 0.705. The van der Waals surface area contributed by atoms with Crippen molar-refractivity contribution >= 4 is 11.7 Å². The lowest BCUT2D eigenvalue weighted by Gasteiger charge is -2.17. The molecule has 1 atom stereocenters. The van der Waals surface area contributed by atoms with Crippen LogP contribution in [0, 0.1) is 24.0 Å². The lowest BCUT2D eigenvalue weighted by Crippen LogP contribution is -2.33. The van der Waals surface area contributed by atoms with Gasteiger partial charge in [-0.15, -0.1) is 6.42 Å². The monoisotopic (exact) mass is 344 g/mol. The number of terminal acetylenes is 1. The summed E-state index contributed by atoms with van der Waals surface area (Å²) in [6.45, 7) is 0.168. The predicted octanol–water partition coefficient (Wildman–Crippen LogP) is 3.23. The first-order chi connectivity index (χ1) is 12.0. The third kappa shape index (κ3) is 5.03. The summed E-state index contributed by atoms with van der Waals surface area (Å²) in [5.74, 6) is 0.122. The van der Waals surface area contributed by atoms with E-state index in [4.69, 9.17) is 6.42 Å². The number of urea groups is 1. The summed E-state index contributed by atoms with van der Waals surface area (Å²) in [4.78, 5) is 12.0. The zero-order chi connectivity index (χ0) is 18.2. The molecule has 4 nitrogen and oxygen atoms in total. The molecule has 0 fully saturated rings. The second-order valence-corrected chi connectivity index (χ2v) is 5.41. The maximum absolute atomic E-state index is 13.8. The van der Waals surface area contributed by atoms with Gasteiger partial charge < -0.3 is 15.7 Å². The van der Waals surface area contributed by atoms with Gasteiger partial charge in [0.2, 0.25) is 0 Å². The van der Waals surface area contributed by atoms with Crippen LogP contribution in [0.1, 0.15) is 23.5 Å². The number of hydrogen-bond donors (Lipinski definition) is 3. The van der Waals surface area contributed by atoms with Crippen LogP contribution >= 0.6 is 0 Å². The van der Waals surface area contributed by atoms with Crippen molar-refractivity contribution in [3.63, 3.8) is 0 Å². The number of anilines is 1. The number of carbonyl (C=O) groups is 1. The van der Waals surface area contributed by atoms with Gasteiger partial charge in [-0.2, -0.15) is 0 Å². The topological polar surface area (TPSA) is 61.4 Å². The highest BCUT2D eigenvalue weighted by molar-refractivity contribution is 5.89. The first kappa shape index (κ1) is 18.4. The fourth-order valence-corrected chi connectivity index (χ4v) is 2.42. The van der Waals surface area contributed by atoms with Crippen molar-refractivity contribution in [2.24, 2.45) is 0 Å². The van der Waals surface area contributed by atoms with Crippen LogP contribution in [-0.4, -0.2) is 24.3 Å². The summed E-state index contributed by atoms with van der Waals surface area (Å²) >= 11 is 0. The second kappa shape index (κ2) is 8.81. The summed E-state index contributed by atoms with van der Waals surface area (Å²) < 4.78 is 27.7. The minimum atomic E-state index is -0.946. The Morgan fingerprint density at radius 3 is 2.40 bits per heavy atom. The van der Waals surface area contributed by atoms with E-state index in [9.17, 15) is 18.7 Å². The molecule has 2 amide bonds. The highest BCUT2D eigenvalue weighted by Gasteiger charge is 2.16. The van der Waals surface area contributed by atoms with Crippen LogP contribution in [0.25, 0.3) is 0 Å². The van der Waals surface area contributed by atoms with Crippen molar-refractivity contribution in [3.8, 4) is 12.3 Å². The molecule has 0 radical (unpaired) electrons. The van der Waals surface area contributed by atoms with Gasteiger partial charge in [0.1, 0.15) is 5.69 Å². The molecule has 2 rings (SSSR count). The van der Waals surface area contributed by atoms with Crippen LogP contribution in [-0.2, 0) is 0 Å². The fourth-order valence-electron chi connectivity index (χ4n) is 2.42. The molecule has 0 spiro atoms. The molecule has 0 bridgehead atoms. The van der Waals surface area contributed by atoms with Crippen molar-refractivity contribution in [2.45, 2.75) is 12.3 Å². The molecule has 2 aromatic rings. The maximum atomic E-state index is 13.8.